The molecule has 3 aromatic rings. The number of carbonyl (C=O) groups excluding carboxylic acids is 2. The number of hydrogen-bond donors (Lipinski definition) is 1. The third-order valence-corrected chi connectivity index (χ3v) is 5.52. The lowest BCUT2D eigenvalue weighted by atomic mass is 9.96. The predicted octanol–water partition coefficient (Wildman–Crippen LogP) is 5.02. The Morgan fingerprint density at radius 2 is 1.84 bits per heavy atom. The molecule has 31 heavy (non-hydrogen) atoms. The molecule has 2 aromatic carbocycles. The number of ether oxygens (including phenoxy) is 1. The second kappa shape index (κ2) is 8.41. The van der Waals surface area contributed by atoms with Gasteiger partial charge in [-0.1, -0.05) is 29.3 Å². The van der Waals surface area contributed by atoms with Crippen LogP contribution in [0.15, 0.2) is 72.6 Å². The first-order chi connectivity index (χ1) is 14.9. The van der Waals surface area contributed by atoms with Gasteiger partial charge in [-0.25, -0.2) is 0 Å². The minimum atomic E-state index is -0.879. The molecule has 1 saturated heterocycles. The van der Waals surface area contributed by atoms with Crippen LogP contribution in [0, 0.1) is 0 Å². The average molecular weight is 455 g/mol. The van der Waals surface area contributed by atoms with E-state index in [-0.39, 0.29) is 21.9 Å². The lowest BCUT2D eigenvalue weighted by Gasteiger charge is -2.25. The molecule has 1 atom stereocenters. The van der Waals surface area contributed by atoms with Crippen LogP contribution in [0.3, 0.4) is 0 Å². The Morgan fingerprint density at radius 3 is 2.45 bits per heavy atom. The van der Waals surface area contributed by atoms with Gasteiger partial charge in [0.05, 0.1) is 23.7 Å². The van der Waals surface area contributed by atoms with Crippen LogP contribution in [0.2, 0.25) is 10.0 Å². The van der Waals surface area contributed by atoms with Gasteiger partial charge in [-0.05, 0) is 54.1 Å². The quantitative estimate of drug-likeness (QED) is 0.340. The summed E-state index contributed by atoms with van der Waals surface area (Å²) in [6.45, 7) is 0. The molecule has 0 bridgehead atoms. The first-order valence-electron chi connectivity index (χ1n) is 9.22. The van der Waals surface area contributed by atoms with E-state index in [0.717, 1.165) is 0 Å². The molecule has 0 spiro atoms. The molecule has 2 heterocycles. The van der Waals surface area contributed by atoms with E-state index in [1.54, 1.807) is 60.9 Å². The molecule has 1 fully saturated rings. The number of nitrogens with zero attached hydrogens (tertiary/aromatic N) is 2. The second-order valence-corrected chi connectivity index (χ2v) is 7.62. The fraction of sp³-hybridized carbons (Fsp3) is 0.0870. The number of anilines is 1. The van der Waals surface area contributed by atoms with Crippen molar-refractivity contribution in [2.45, 2.75) is 6.04 Å². The molecular weight excluding hydrogens is 439 g/mol. The number of rotatable bonds is 4. The zero-order valence-electron chi connectivity index (χ0n) is 16.3. The van der Waals surface area contributed by atoms with Crippen LogP contribution in [0.5, 0.6) is 5.75 Å². The summed E-state index contributed by atoms with van der Waals surface area (Å²) < 4.78 is 5.14. The van der Waals surface area contributed by atoms with Crippen molar-refractivity contribution >= 4 is 46.3 Å². The van der Waals surface area contributed by atoms with Gasteiger partial charge in [0.1, 0.15) is 11.5 Å². The third kappa shape index (κ3) is 3.76. The van der Waals surface area contributed by atoms with E-state index in [1.165, 1.54) is 18.1 Å². The van der Waals surface area contributed by atoms with Gasteiger partial charge >= 0.3 is 0 Å². The summed E-state index contributed by atoms with van der Waals surface area (Å²) in [6.07, 6.45) is 3.13. The van der Waals surface area contributed by atoms with Gasteiger partial charge < -0.3 is 9.84 Å². The molecule has 1 aromatic heterocycles. The maximum Gasteiger partial charge on any atom is 0.300 e. The van der Waals surface area contributed by atoms with Crippen LogP contribution in [0.4, 0.5) is 5.69 Å². The van der Waals surface area contributed by atoms with E-state index in [9.17, 15) is 14.7 Å². The Balaban J connectivity index is 1.92. The molecule has 0 saturated carbocycles. The molecule has 8 heteroatoms. The number of amides is 1. The van der Waals surface area contributed by atoms with Gasteiger partial charge in [0.2, 0.25) is 0 Å². The van der Waals surface area contributed by atoms with Gasteiger partial charge in [-0.3, -0.25) is 19.5 Å². The summed E-state index contributed by atoms with van der Waals surface area (Å²) in [6, 6.07) is 13.7. The Hall–Kier alpha value is -3.35. The average Bonchev–Trinajstić information content (AvgIpc) is 3.05. The number of hydrogen-bond acceptors (Lipinski definition) is 5. The Labute approximate surface area is 188 Å². The molecule has 1 unspecified atom stereocenters. The third-order valence-electron chi connectivity index (χ3n) is 4.97. The van der Waals surface area contributed by atoms with Gasteiger partial charge in [0.15, 0.2) is 0 Å². The van der Waals surface area contributed by atoms with Crippen molar-refractivity contribution in [2.24, 2.45) is 0 Å². The van der Waals surface area contributed by atoms with Gasteiger partial charge in [-0.15, -0.1) is 0 Å². The maximum atomic E-state index is 13.0. The van der Waals surface area contributed by atoms with Crippen molar-refractivity contribution in [1.29, 1.82) is 0 Å². The highest BCUT2D eigenvalue weighted by atomic mass is 35.5. The first-order valence-corrected chi connectivity index (χ1v) is 9.98. The molecular formula is C23H16Cl2N2O4. The van der Waals surface area contributed by atoms with E-state index in [2.05, 4.69) is 4.98 Å². The minimum Gasteiger partial charge on any atom is -0.507 e. The number of aliphatic hydroxyl groups excluding tert-OH is 1. The number of ketones is 1. The molecule has 1 N–H and O–H groups in total. The molecule has 0 radical (unpaired) electrons. The molecule has 0 aliphatic carbocycles. The Bertz CT molecular complexity index is 1190. The number of carbonyl (C=O) groups is 2. The lowest BCUT2D eigenvalue weighted by molar-refractivity contribution is -0.132. The minimum absolute atomic E-state index is 0.0609. The number of methoxy groups -OCH3 is 1. The van der Waals surface area contributed by atoms with Crippen LogP contribution >= 0.6 is 23.2 Å². The van der Waals surface area contributed by atoms with Crippen molar-refractivity contribution in [3.05, 3.63) is 93.7 Å². The molecule has 1 aliphatic heterocycles. The number of benzene rings is 2. The van der Waals surface area contributed by atoms with Gasteiger partial charge in [0.25, 0.3) is 11.7 Å². The summed E-state index contributed by atoms with van der Waals surface area (Å²) in [5.74, 6) is -1.50. The fourth-order valence-electron chi connectivity index (χ4n) is 3.52. The van der Waals surface area contributed by atoms with Crippen molar-refractivity contribution in [3.8, 4) is 5.75 Å². The largest absolute Gasteiger partial charge is 0.507 e. The molecule has 1 aliphatic rings. The highest BCUT2D eigenvalue weighted by Gasteiger charge is 2.47. The van der Waals surface area contributed by atoms with E-state index in [1.807, 2.05) is 0 Å². The number of Topliss-reactive ketones (excluding diaryl/α,β-unsaturated/α-hetero) is 1. The van der Waals surface area contributed by atoms with Crippen LogP contribution < -0.4 is 9.64 Å². The number of aromatic nitrogens is 1. The number of pyridine rings is 1. The van der Waals surface area contributed by atoms with Crippen LogP contribution in [0.1, 0.15) is 17.2 Å². The summed E-state index contributed by atoms with van der Waals surface area (Å²) in [7, 11) is 1.47. The molecule has 4 rings (SSSR count). The normalized spacial score (nSPS) is 17.8. The number of aliphatic hydroxyl groups is 1. The predicted molar refractivity (Wildman–Crippen MR) is 118 cm³/mol. The van der Waals surface area contributed by atoms with E-state index >= 15 is 0 Å². The van der Waals surface area contributed by atoms with Gasteiger partial charge in [-0.2, -0.15) is 0 Å². The highest BCUT2D eigenvalue weighted by molar-refractivity contribution is 6.51. The second-order valence-electron chi connectivity index (χ2n) is 6.78. The van der Waals surface area contributed by atoms with E-state index in [4.69, 9.17) is 27.9 Å². The monoisotopic (exact) mass is 454 g/mol. The Kier molecular flexibility index (Phi) is 5.67. The summed E-state index contributed by atoms with van der Waals surface area (Å²) in [4.78, 5) is 31.5. The first kappa shape index (κ1) is 20.9. The van der Waals surface area contributed by atoms with Gasteiger partial charge in [0, 0.05) is 28.7 Å². The maximum absolute atomic E-state index is 13.0. The zero-order chi connectivity index (χ0) is 22.1. The van der Waals surface area contributed by atoms with Crippen LogP contribution in [0.25, 0.3) is 5.76 Å². The van der Waals surface area contributed by atoms with E-state index in [0.29, 0.717) is 22.0 Å². The SMILES string of the molecule is COc1ccc(/C(O)=C2/C(=O)C(=O)N(c3ccc(Cl)cc3)C2c2cccnc2)cc1Cl. The zero-order valence-corrected chi connectivity index (χ0v) is 17.8. The molecule has 156 valence electrons. The topological polar surface area (TPSA) is 79.7 Å². The Morgan fingerprint density at radius 1 is 1.10 bits per heavy atom. The summed E-state index contributed by atoms with van der Waals surface area (Å²) >= 11 is 12.2. The van der Waals surface area contributed by atoms with E-state index < -0.39 is 17.7 Å². The van der Waals surface area contributed by atoms with Crippen molar-refractivity contribution in [3.63, 3.8) is 0 Å². The van der Waals surface area contributed by atoms with Crippen LogP contribution in [-0.4, -0.2) is 28.9 Å². The van der Waals surface area contributed by atoms with Crippen molar-refractivity contribution < 1.29 is 19.4 Å². The molecule has 6 nitrogen and oxygen atoms in total. The van der Waals surface area contributed by atoms with Crippen molar-refractivity contribution in [2.75, 3.05) is 12.0 Å². The summed E-state index contributed by atoms with van der Waals surface area (Å²) in [5, 5.41) is 11.8. The molecule has 1 amide bonds. The smallest absolute Gasteiger partial charge is 0.300 e. The lowest BCUT2D eigenvalue weighted by Crippen LogP contribution is -2.29. The van der Waals surface area contributed by atoms with Crippen LogP contribution in [-0.2, 0) is 9.59 Å². The standard InChI is InChI=1S/C23H16Cl2N2O4/c1-31-18-9-4-13(11-17(18)25)21(28)19-20(14-3-2-10-26-12-14)27(23(30)22(19)29)16-7-5-15(24)6-8-16/h2-12,20,28H,1H3/b21-19-. The summed E-state index contributed by atoms with van der Waals surface area (Å²) in [5.41, 5.74) is 1.26. The number of halogens is 2. The van der Waals surface area contributed by atoms with Crippen molar-refractivity contribution in [1.82, 2.24) is 4.98 Å². The highest BCUT2D eigenvalue weighted by Crippen LogP contribution is 2.42. The fourth-order valence-corrected chi connectivity index (χ4v) is 3.91.